The van der Waals surface area contributed by atoms with E-state index in [9.17, 15) is 4.79 Å². The summed E-state index contributed by atoms with van der Waals surface area (Å²) in [4.78, 5) is 15.1. The molecule has 0 unspecified atom stereocenters. The maximum atomic E-state index is 11.0. The number of nitrogens with zero attached hydrogens (tertiary/aromatic N) is 4. The molecular weight excluding hydrogens is 210 g/mol. The van der Waals surface area contributed by atoms with Gasteiger partial charge in [-0.1, -0.05) is 0 Å². The molecule has 0 aliphatic carbocycles. The predicted molar refractivity (Wildman–Crippen MR) is 53.4 cm³/mol. The molecule has 0 saturated heterocycles. The molecule has 0 radical (unpaired) electrons. The number of fused-ring (bicyclic) bond motifs is 3. The number of rotatable bonds is 1. The van der Waals surface area contributed by atoms with E-state index in [4.69, 9.17) is 5.11 Å². The van der Waals surface area contributed by atoms with Gasteiger partial charge in [0.25, 0.3) is 0 Å². The minimum absolute atomic E-state index is 0.0919. The number of pyridine rings is 1. The zero-order valence-electron chi connectivity index (χ0n) is 8.08. The summed E-state index contributed by atoms with van der Waals surface area (Å²) in [5.74, 6) is 0.0106. The van der Waals surface area contributed by atoms with Crippen LogP contribution in [0.1, 0.15) is 16.4 Å². The number of hydrogen-bond donors (Lipinski definition) is 2. The third-order valence-corrected chi connectivity index (χ3v) is 2.36. The van der Waals surface area contributed by atoms with Crippen LogP contribution < -0.4 is 5.32 Å². The van der Waals surface area contributed by atoms with Crippen LogP contribution >= 0.6 is 0 Å². The molecule has 0 saturated carbocycles. The van der Waals surface area contributed by atoms with Crippen LogP contribution in [0, 0.1) is 0 Å². The van der Waals surface area contributed by atoms with Gasteiger partial charge in [0.2, 0.25) is 5.82 Å². The van der Waals surface area contributed by atoms with Crippen LogP contribution in [0.15, 0.2) is 18.3 Å². The van der Waals surface area contributed by atoms with Gasteiger partial charge in [-0.15, -0.1) is 10.2 Å². The highest BCUT2D eigenvalue weighted by Crippen LogP contribution is 2.24. The Labute approximate surface area is 89.8 Å². The lowest BCUT2D eigenvalue weighted by Gasteiger charge is -2.18. The van der Waals surface area contributed by atoms with Gasteiger partial charge in [-0.2, -0.15) is 0 Å². The Morgan fingerprint density at radius 2 is 2.38 bits per heavy atom. The second-order valence-electron chi connectivity index (χ2n) is 3.31. The zero-order valence-corrected chi connectivity index (χ0v) is 8.08. The summed E-state index contributed by atoms with van der Waals surface area (Å²) in [5.41, 5.74) is 0.658. The van der Waals surface area contributed by atoms with E-state index in [0.29, 0.717) is 23.9 Å². The molecule has 0 aromatic carbocycles. The van der Waals surface area contributed by atoms with Crippen molar-refractivity contribution in [2.45, 2.75) is 6.54 Å². The highest BCUT2D eigenvalue weighted by atomic mass is 16.4. The normalized spacial score (nSPS) is 12.5. The van der Waals surface area contributed by atoms with E-state index in [1.54, 1.807) is 18.3 Å². The van der Waals surface area contributed by atoms with Crippen molar-refractivity contribution in [3.05, 3.63) is 30.0 Å². The van der Waals surface area contributed by atoms with Crippen molar-refractivity contribution in [3.8, 4) is 5.69 Å². The number of nitrogens with one attached hydrogen (secondary N) is 1. The van der Waals surface area contributed by atoms with E-state index in [1.165, 1.54) is 4.57 Å². The standard InChI is InChI=1S/C9H7N5O2/c15-9(16)8-13-12-6-4-11-7-5(14(6)8)2-1-3-10-7/h1-3H,4H2,(H,10,11)(H,15,16). The second-order valence-corrected chi connectivity index (χ2v) is 3.31. The molecule has 7 nitrogen and oxygen atoms in total. The van der Waals surface area contributed by atoms with Crippen LogP contribution in [0.5, 0.6) is 0 Å². The smallest absolute Gasteiger partial charge is 0.374 e. The van der Waals surface area contributed by atoms with Crippen molar-refractivity contribution in [3.63, 3.8) is 0 Å². The zero-order chi connectivity index (χ0) is 11.1. The summed E-state index contributed by atoms with van der Waals surface area (Å²) in [5, 5.41) is 19.5. The van der Waals surface area contributed by atoms with Crippen LogP contribution in [-0.2, 0) is 6.54 Å². The molecule has 2 aromatic rings. The summed E-state index contributed by atoms with van der Waals surface area (Å²) in [6.45, 7) is 0.421. The molecule has 80 valence electrons. The first-order chi connectivity index (χ1) is 7.77. The minimum atomic E-state index is -1.10. The molecule has 0 spiro atoms. The van der Waals surface area contributed by atoms with E-state index in [0.717, 1.165) is 0 Å². The summed E-state index contributed by atoms with van der Waals surface area (Å²) < 4.78 is 1.50. The molecule has 3 heterocycles. The molecular formula is C9H7N5O2. The van der Waals surface area contributed by atoms with E-state index in [1.807, 2.05) is 0 Å². The lowest BCUT2D eigenvalue weighted by molar-refractivity contribution is 0.0680. The van der Waals surface area contributed by atoms with Gasteiger partial charge in [0.05, 0.1) is 12.2 Å². The van der Waals surface area contributed by atoms with Crippen LogP contribution in [0.4, 0.5) is 5.82 Å². The predicted octanol–water partition coefficient (Wildman–Crippen LogP) is 0.286. The van der Waals surface area contributed by atoms with Crippen LogP contribution in [-0.4, -0.2) is 30.8 Å². The fraction of sp³-hybridized carbons (Fsp3) is 0.111. The molecule has 0 fully saturated rings. The quantitative estimate of drug-likeness (QED) is 0.713. The summed E-state index contributed by atoms with van der Waals surface area (Å²) >= 11 is 0. The number of aromatic nitrogens is 4. The number of carboxylic acid groups (broad SMARTS) is 1. The first kappa shape index (κ1) is 8.84. The largest absolute Gasteiger partial charge is 0.475 e. The first-order valence-electron chi connectivity index (χ1n) is 4.64. The van der Waals surface area contributed by atoms with Gasteiger partial charge < -0.3 is 10.4 Å². The fourth-order valence-electron chi connectivity index (χ4n) is 1.70. The Bertz CT molecular complexity index is 577. The van der Waals surface area contributed by atoms with Crippen molar-refractivity contribution in [1.82, 2.24) is 19.7 Å². The Hall–Kier alpha value is -2.44. The number of hydrogen-bond acceptors (Lipinski definition) is 5. The third-order valence-electron chi connectivity index (χ3n) is 2.36. The molecule has 0 bridgehead atoms. The van der Waals surface area contributed by atoms with E-state index < -0.39 is 5.97 Å². The second kappa shape index (κ2) is 3.02. The molecule has 7 heteroatoms. The highest BCUT2D eigenvalue weighted by molar-refractivity contribution is 5.85. The molecule has 1 aliphatic rings. The Morgan fingerprint density at radius 1 is 1.50 bits per heavy atom. The highest BCUT2D eigenvalue weighted by Gasteiger charge is 2.24. The summed E-state index contributed by atoms with van der Waals surface area (Å²) in [6, 6.07) is 3.51. The molecule has 3 rings (SSSR count). The summed E-state index contributed by atoms with van der Waals surface area (Å²) in [6.07, 6.45) is 1.64. The molecule has 2 N–H and O–H groups in total. The van der Waals surface area contributed by atoms with Crippen molar-refractivity contribution in [2.24, 2.45) is 0 Å². The topological polar surface area (TPSA) is 92.9 Å². The van der Waals surface area contributed by atoms with E-state index >= 15 is 0 Å². The number of carbonyl (C=O) groups is 1. The van der Waals surface area contributed by atoms with Crippen LogP contribution in [0.25, 0.3) is 5.69 Å². The lowest BCUT2D eigenvalue weighted by atomic mass is 10.3. The van der Waals surface area contributed by atoms with Crippen LogP contribution in [0.3, 0.4) is 0 Å². The SMILES string of the molecule is O=C(O)c1nnc2n1-c1cccnc1NC2. The van der Waals surface area contributed by atoms with Crippen molar-refractivity contribution >= 4 is 11.8 Å². The van der Waals surface area contributed by atoms with E-state index in [2.05, 4.69) is 20.5 Å². The van der Waals surface area contributed by atoms with Gasteiger partial charge in [-0.3, -0.25) is 4.57 Å². The van der Waals surface area contributed by atoms with Crippen molar-refractivity contribution in [1.29, 1.82) is 0 Å². The van der Waals surface area contributed by atoms with Crippen molar-refractivity contribution < 1.29 is 9.90 Å². The maximum Gasteiger partial charge on any atom is 0.374 e. The Balaban J connectivity index is 2.29. The Kier molecular flexibility index (Phi) is 1.67. The third kappa shape index (κ3) is 1.08. The number of carboxylic acids is 1. The van der Waals surface area contributed by atoms with Crippen LogP contribution in [0.2, 0.25) is 0 Å². The summed E-state index contributed by atoms with van der Waals surface area (Å²) in [7, 11) is 0. The van der Waals surface area contributed by atoms with Gasteiger partial charge in [-0.05, 0) is 12.1 Å². The Morgan fingerprint density at radius 3 is 3.19 bits per heavy atom. The van der Waals surface area contributed by atoms with Gasteiger partial charge in [0.1, 0.15) is 0 Å². The van der Waals surface area contributed by atoms with Gasteiger partial charge in [-0.25, -0.2) is 9.78 Å². The average molecular weight is 217 g/mol. The minimum Gasteiger partial charge on any atom is -0.475 e. The molecule has 0 amide bonds. The molecule has 16 heavy (non-hydrogen) atoms. The van der Waals surface area contributed by atoms with Gasteiger partial charge >= 0.3 is 5.97 Å². The number of anilines is 1. The maximum absolute atomic E-state index is 11.0. The monoisotopic (exact) mass is 217 g/mol. The molecule has 0 atom stereocenters. The fourth-order valence-corrected chi connectivity index (χ4v) is 1.70. The lowest BCUT2D eigenvalue weighted by Crippen LogP contribution is -2.19. The first-order valence-corrected chi connectivity index (χ1v) is 4.64. The van der Waals surface area contributed by atoms with E-state index in [-0.39, 0.29) is 5.82 Å². The van der Waals surface area contributed by atoms with Gasteiger partial charge in [0.15, 0.2) is 11.6 Å². The molecule has 2 aromatic heterocycles. The van der Waals surface area contributed by atoms with Crippen molar-refractivity contribution in [2.75, 3.05) is 5.32 Å². The van der Waals surface area contributed by atoms with Gasteiger partial charge in [0, 0.05) is 6.20 Å². The molecule has 1 aliphatic heterocycles. The number of aromatic carboxylic acids is 1. The average Bonchev–Trinajstić information content (AvgIpc) is 2.73.